The summed E-state index contributed by atoms with van der Waals surface area (Å²) in [5, 5.41) is 3.95. The fraction of sp³-hybridized carbons (Fsp3) is 0.238. The van der Waals surface area contributed by atoms with Gasteiger partial charge in [0.25, 0.3) is 0 Å². The summed E-state index contributed by atoms with van der Waals surface area (Å²) in [5.74, 6) is -0.316. The molecule has 0 radical (unpaired) electrons. The fourth-order valence-electron chi connectivity index (χ4n) is 3.32. The summed E-state index contributed by atoms with van der Waals surface area (Å²) >= 11 is 7.70. The Balaban J connectivity index is 1.40. The summed E-state index contributed by atoms with van der Waals surface area (Å²) in [6, 6.07) is 12.2. The lowest BCUT2D eigenvalue weighted by Crippen LogP contribution is -2.29. The van der Waals surface area contributed by atoms with Gasteiger partial charge in [-0.1, -0.05) is 47.2 Å². The van der Waals surface area contributed by atoms with Crippen molar-refractivity contribution < 1.29 is 18.0 Å². The third-order valence-corrected chi connectivity index (χ3v) is 6.13. The number of amides is 1. The van der Waals surface area contributed by atoms with E-state index < -0.39 is 11.7 Å². The van der Waals surface area contributed by atoms with Gasteiger partial charge in [0.05, 0.1) is 34.9 Å². The third-order valence-electron chi connectivity index (χ3n) is 4.82. The molecule has 0 spiro atoms. The average molecular weight is 452 g/mol. The molecule has 0 saturated heterocycles. The van der Waals surface area contributed by atoms with Gasteiger partial charge in [0.2, 0.25) is 5.91 Å². The summed E-state index contributed by atoms with van der Waals surface area (Å²) < 4.78 is 37.9. The number of fused-ring (bicyclic) bond motifs is 1. The van der Waals surface area contributed by atoms with E-state index in [1.807, 2.05) is 24.3 Å². The van der Waals surface area contributed by atoms with Crippen molar-refractivity contribution >= 4 is 39.7 Å². The van der Waals surface area contributed by atoms with Gasteiger partial charge in [-0.15, -0.1) is 0 Å². The molecule has 4 nitrogen and oxygen atoms in total. The van der Waals surface area contributed by atoms with Gasteiger partial charge >= 0.3 is 6.18 Å². The molecule has 0 atom stereocenters. The number of benzene rings is 2. The largest absolute Gasteiger partial charge is 0.416 e. The number of halogens is 4. The molecule has 1 aliphatic heterocycles. The van der Waals surface area contributed by atoms with E-state index in [4.69, 9.17) is 11.6 Å². The first-order chi connectivity index (χ1) is 14.3. The Morgan fingerprint density at radius 2 is 1.90 bits per heavy atom. The van der Waals surface area contributed by atoms with Gasteiger partial charge in [0, 0.05) is 17.8 Å². The van der Waals surface area contributed by atoms with Gasteiger partial charge in [-0.25, -0.2) is 4.98 Å². The molecule has 30 heavy (non-hydrogen) atoms. The van der Waals surface area contributed by atoms with E-state index in [0.717, 1.165) is 41.4 Å². The Hall–Kier alpha value is -2.58. The Kier molecular flexibility index (Phi) is 5.71. The highest BCUT2D eigenvalue weighted by molar-refractivity contribution is 7.15. The molecule has 9 heteroatoms. The van der Waals surface area contributed by atoms with Crippen molar-refractivity contribution in [2.75, 3.05) is 16.8 Å². The van der Waals surface area contributed by atoms with Crippen LogP contribution in [-0.2, 0) is 30.4 Å². The van der Waals surface area contributed by atoms with Crippen LogP contribution in [0.15, 0.2) is 48.5 Å². The van der Waals surface area contributed by atoms with Crippen molar-refractivity contribution in [2.24, 2.45) is 0 Å². The standard InChI is InChI=1S/C21H17ClF3N3OS/c22-15-3-1-2-4-17(15)28-10-9-16-18(12-28)30-20(26-16)27-19(29)11-13-5-7-14(8-6-13)21(23,24)25/h1-8H,9-12H2,(H,26,27,29). The molecule has 3 aromatic rings. The average Bonchev–Trinajstić information content (AvgIpc) is 3.09. The maximum absolute atomic E-state index is 12.6. The van der Waals surface area contributed by atoms with E-state index in [-0.39, 0.29) is 12.3 Å². The Morgan fingerprint density at radius 1 is 1.17 bits per heavy atom. The molecule has 1 amide bonds. The topological polar surface area (TPSA) is 45.2 Å². The maximum Gasteiger partial charge on any atom is 0.416 e. The number of para-hydroxylation sites is 1. The van der Waals surface area contributed by atoms with Gasteiger partial charge in [0.15, 0.2) is 5.13 Å². The Bertz CT molecular complexity index is 1070. The molecular weight excluding hydrogens is 435 g/mol. The lowest BCUT2D eigenvalue weighted by molar-refractivity contribution is -0.137. The van der Waals surface area contributed by atoms with Crippen LogP contribution in [0, 0.1) is 0 Å². The summed E-state index contributed by atoms with van der Waals surface area (Å²) in [6.45, 7) is 1.44. The number of hydrogen-bond donors (Lipinski definition) is 1. The van der Waals surface area contributed by atoms with Crippen LogP contribution in [0.5, 0.6) is 0 Å². The monoisotopic (exact) mass is 451 g/mol. The molecule has 0 aliphatic carbocycles. The zero-order chi connectivity index (χ0) is 21.3. The van der Waals surface area contributed by atoms with Crippen molar-refractivity contribution in [1.29, 1.82) is 0 Å². The summed E-state index contributed by atoms with van der Waals surface area (Å²) in [4.78, 5) is 20.1. The molecule has 4 rings (SSSR count). The first kappa shape index (κ1) is 20.7. The molecule has 2 heterocycles. The second-order valence-electron chi connectivity index (χ2n) is 6.93. The highest BCUT2D eigenvalue weighted by Gasteiger charge is 2.30. The van der Waals surface area contributed by atoms with Crippen LogP contribution in [0.1, 0.15) is 21.7 Å². The van der Waals surface area contributed by atoms with Crippen LogP contribution in [0.2, 0.25) is 5.02 Å². The molecule has 156 valence electrons. The number of rotatable bonds is 4. The first-order valence-electron chi connectivity index (χ1n) is 9.23. The van der Waals surface area contributed by atoms with Crippen LogP contribution in [0.3, 0.4) is 0 Å². The minimum absolute atomic E-state index is 0.0197. The minimum atomic E-state index is -4.39. The number of nitrogens with zero attached hydrogens (tertiary/aromatic N) is 2. The van der Waals surface area contributed by atoms with Crippen LogP contribution in [0.4, 0.5) is 24.0 Å². The van der Waals surface area contributed by atoms with Crippen molar-refractivity contribution in [3.63, 3.8) is 0 Å². The van der Waals surface area contributed by atoms with Crippen molar-refractivity contribution in [3.8, 4) is 0 Å². The van der Waals surface area contributed by atoms with Gasteiger partial charge < -0.3 is 10.2 Å². The smallest absolute Gasteiger partial charge is 0.365 e. The third kappa shape index (κ3) is 4.60. The molecule has 1 N–H and O–H groups in total. The molecule has 0 unspecified atom stereocenters. The molecule has 1 aliphatic rings. The van der Waals surface area contributed by atoms with E-state index in [1.54, 1.807) is 0 Å². The number of thiazole rings is 1. The zero-order valence-corrected chi connectivity index (χ0v) is 17.2. The van der Waals surface area contributed by atoms with Crippen LogP contribution < -0.4 is 10.2 Å². The lowest BCUT2D eigenvalue weighted by Gasteiger charge is -2.28. The fourth-order valence-corrected chi connectivity index (χ4v) is 4.62. The van der Waals surface area contributed by atoms with Gasteiger partial charge in [-0.2, -0.15) is 13.2 Å². The highest BCUT2D eigenvalue weighted by atomic mass is 35.5. The molecule has 0 bridgehead atoms. The normalized spacial score (nSPS) is 13.8. The van der Waals surface area contributed by atoms with Gasteiger partial charge in [0.1, 0.15) is 0 Å². The number of carbonyl (C=O) groups excluding carboxylic acids is 1. The predicted octanol–water partition coefficient (Wildman–Crippen LogP) is 5.56. The Morgan fingerprint density at radius 3 is 2.60 bits per heavy atom. The molecule has 2 aromatic carbocycles. The van der Waals surface area contributed by atoms with Crippen molar-refractivity contribution in [3.05, 3.63) is 75.3 Å². The van der Waals surface area contributed by atoms with E-state index in [1.165, 1.54) is 23.5 Å². The quantitative estimate of drug-likeness (QED) is 0.565. The number of hydrogen-bond acceptors (Lipinski definition) is 4. The highest BCUT2D eigenvalue weighted by Crippen LogP contribution is 2.34. The summed E-state index contributed by atoms with van der Waals surface area (Å²) in [5.41, 5.74) is 1.69. The van der Waals surface area contributed by atoms with Crippen molar-refractivity contribution in [2.45, 2.75) is 25.6 Å². The van der Waals surface area contributed by atoms with Crippen LogP contribution in [0.25, 0.3) is 0 Å². The number of carbonyl (C=O) groups is 1. The minimum Gasteiger partial charge on any atom is -0.365 e. The molecular formula is C21H17ClF3N3OS. The number of aromatic nitrogens is 1. The number of alkyl halides is 3. The first-order valence-corrected chi connectivity index (χ1v) is 10.4. The molecule has 1 aromatic heterocycles. The molecule has 0 fully saturated rings. The van der Waals surface area contributed by atoms with E-state index in [0.29, 0.717) is 22.3 Å². The summed E-state index contributed by atoms with van der Waals surface area (Å²) in [6.07, 6.45) is -3.67. The second-order valence-corrected chi connectivity index (χ2v) is 8.42. The lowest BCUT2D eigenvalue weighted by atomic mass is 10.1. The van der Waals surface area contributed by atoms with E-state index in [9.17, 15) is 18.0 Å². The van der Waals surface area contributed by atoms with Crippen molar-refractivity contribution in [1.82, 2.24) is 4.98 Å². The maximum atomic E-state index is 12.6. The van der Waals surface area contributed by atoms with Crippen LogP contribution >= 0.6 is 22.9 Å². The number of nitrogens with one attached hydrogen (secondary N) is 1. The zero-order valence-electron chi connectivity index (χ0n) is 15.7. The number of anilines is 2. The SMILES string of the molecule is O=C(Cc1ccc(C(F)(F)F)cc1)Nc1nc2c(s1)CN(c1ccccc1Cl)CC2. The van der Waals surface area contributed by atoms with Gasteiger partial charge in [-0.3, -0.25) is 4.79 Å². The van der Waals surface area contributed by atoms with Crippen LogP contribution in [-0.4, -0.2) is 17.4 Å². The Labute approximate surface area is 180 Å². The molecule has 0 saturated carbocycles. The van der Waals surface area contributed by atoms with E-state index >= 15 is 0 Å². The second kappa shape index (κ2) is 8.28. The van der Waals surface area contributed by atoms with Gasteiger partial charge in [-0.05, 0) is 29.8 Å². The summed E-state index contributed by atoms with van der Waals surface area (Å²) in [7, 11) is 0. The predicted molar refractivity (Wildman–Crippen MR) is 112 cm³/mol. The van der Waals surface area contributed by atoms with E-state index in [2.05, 4.69) is 15.2 Å².